The Morgan fingerprint density at radius 1 is 1.62 bits per heavy atom. The first kappa shape index (κ1) is 10.3. The number of hydrogen-bond donors (Lipinski definition) is 1. The van der Waals surface area contributed by atoms with E-state index < -0.39 is 0 Å². The number of furan rings is 1. The van der Waals surface area contributed by atoms with Gasteiger partial charge in [-0.15, -0.1) is 0 Å². The van der Waals surface area contributed by atoms with Crippen molar-refractivity contribution < 1.29 is 9.15 Å². The van der Waals surface area contributed by atoms with Crippen LogP contribution in [0.3, 0.4) is 0 Å². The van der Waals surface area contributed by atoms with Gasteiger partial charge in [0, 0.05) is 6.61 Å². The predicted octanol–water partition coefficient (Wildman–Crippen LogP) is 1.89. The van der Waals surface area contributed by atoms with Crippen molar-refractivity contribution in [1.82, 2.24) is 5.32 Å². The normalized spacial score (nSPS) is 13.2. The molecule has 1 heterocycles. The van der Waals surface area contributed by atoms with Crippen molar-refractivity contribution >= 4 is 0 Å². The van der Waals surface area contributed by atoms with Gasteiger partial charge in [0.1, 0.15) is 5.76 Å². The second-order valence-electron chi connectivity index (χ2n) is 2.97. The van der Waals surface area contributed by atoms with E-state index in [1.54, 1.807) is 6.26 Å². The van der Waals surface area contributed by atoms with Gasteiger partial charge in [0.15, 0.2) is 0 Å². The molecule has 0 fully saturated rings. The summed E-state index contributed by atoms with van der Waals surface area (Å²) in [6.45, 7) is 5.41. The van der Waals surface area contributed by atoms with E-state index in [9.17, 15) is 0 Å². The predicted molar refractivity (Wildman–Crippen MR) is 51.7 cm³/mol. The molecule has 0 aliphatic carbocycles. The summed E-state index contributed by atoms with van der Waals surface area (Å²) in [5.74, 6) is 0.968. The van der Waals surface area contributed by atoms with Crippen molar-refractivity contribution in [3.8, 4) is 0 Å². The van der Waals surface area contributed by atoms with Gasteiger partial charge in [-0.2, -0.15) is 0 Å². The SMILES string of the molecule is CCOCC(NC)c1occc1C. The number of nitrogens with one attached hydrogen (secondary N) is 1. The van der Waals surface area contributed by atoms with Crippen LogP contribution in [0.15, 0.2) is 16.7 Å². The van der Waals surface area contributed by atoms with Crippen molar-refractivity contribution in [3.63, 3.8) is 0 Å². The lowest BCUT2D eigenvalue weighted by Crippen LogP contribution is -2.21. The smallest absolute Gasteiger partial charge is 0.125 e. The zero-order valence-corrected chi connectivity index (χ0v) is 8.46. The van der Waals surface area contributed by atoms with Crippen molar-refractivity contribution in [2.75, 3.05) is 20.3 Å². The molecule has 3 heteroatoms. The second kappa shape index (κ2) is 5.04. The van der Waals surface area contributed by atoms with Gasteiger partial charge in [0.2, 0.25) is 0 Å². The molecule has 0 aliphatic rings. The van der Waals surface area contributed by atoms with Crippen LogP contribution in [-0.2, 0) is 4.74 Å². The molecule has 0 bridgehead atoms. The van der Waals surface area contributed by atoms with Gasteiger partial charge >= 0.3 is 0 Å². The van der Waals surface area contributed by atoms with Gasteiger partial charge in [-0.3, -0.25) is 0 Å². The number of rotatable bonds is 5. The molecule has 1 unspecified atom stereocenters. The zero-order chi connectivity index (χ0) is 9.68. The molecule has 0 radical (unpaired) electrons. The lowest BCUT2D eigenvalue weighted by atomic mass is 10.1. The molecule has 13 heavy (non-hydrogen) atoms. The molecule has 74 valence electrons. The van der Waals surface area contributed by atoms with Crippen LogP contribution < -0.4 is 5.32 Å². The van der Waals surface area contributed by atoms with E-state index in [2.05, 4.69) is 5.32 Å². The van der Waals surface area contributed by atoms with Gasteiger partial charge in [0.25, 0.3) is 0 Å². The second-order valence-corrected chi connectivity index (χ2v) is 2.97. The Bertz CT molecular complexity index is 245. The fourth-order valence-electron chi connectivity index (χ4n) is 1.27. The minimum absolute atomic E-state index is 0.162. The molecule has 1 atom stereocenters. The molecule has 0 aliphatic heterocycles. The van der Waals surface area contributed by atoms with Crippen LogP contribution >= 0.6 is 0 Å². The lowest BCUT2D eigenvalue weighted by Gasteiger charge is -2.14. The summed E-state index contributed by atoms with van der Waals surface area (Å²) in [5, 5.41) is 3.16. The molecule has 1 aromatic heterocycles. The zero-order valence-electron chi connectivity index (χ0n) is 8.46. The average Bonchev–Trinajstić information content (AvgIpc) is 2.54. The van der Waals surface area contributed by atoms with Crippen molar-refractivity contribution in [3.05, 3.63) is 23.7 Å². The van der Waals surface area contributed by atoms with E-state index in [1.807, 2.05) is 27.0 Å². The van der Waals surface area contributed by atoms with E-state index in [1.165, 1.54) is 5.56 Å². The van der Waals surface area contributed by atoms with Crippen LogP contribution in [0.4, 0.5) is 0 Å². The number of hydrogen-bond acceptors (Lipinski definition) is 3. The molecule has 1 aromatic rings. The van der Waals surface area contributed by atoms with E-state index >= 15 is 0 Å². The third kappa shape index (κ3) is 2.57. The van der Waals surface area contributed by atoms with Crippen LogP contribution in [-0.4, -0.2) is 20.3 Å². The average molecular weight is 183 g/mol. The summed E-state index contributed by atoms with van der Waals surface area (Å²) >= 11 is 0. The van der Waals surface area contributed by atoms with Crippen LogP contribution in [0.1, 0.15) is 24.3 Å². The molecule has 0 saturated carbocycles. The summed E-state index contributed by atoms with van der Waals surface area (Å²) in [4.78, 5) is 0. The van der Waals surface area contributed by atoms with Crippen LogP contribution in [0.25, 0.3) is 0 Å². The van der Waals surface area contributed by atoms with E-state index in [-0.39, 0.29) is 6.04 Å². The third-order valence-electron chi connectivity index (χ3n) is 2.06. The first-order valence-electron chi connectivity index (χ1n) is 4.58. The van der Waals surface area contributed by atoms with Crippen LogP contribution in [0.5, 0.6) is 0 Å². The summed E-state index contributed by atoms with van der Waals surface area (Å²) < 4.78 is 10.7. The molecular weight excluding hydrogens is 166 g/mol. The van der Waals surface area contributed by atoms with Gasteiger partial charge in [-0.1, -0.05) is 0 Å². The Labute approximate surface area is 79.1 Å². The summed E-state index contributed by atoms with van der Waals surface area (Å²) in [7, 11) is 1.91. The summed E-state index contributed by atoms with van der Waals surface area (Å²) in [6.07, 6.45) is 1.71. The Balaban J connectivity index is 2.61. The number of likely N-dealkylation sites (N-methyl/N-ethyl adjacent to an activating group) is 1. The molecule has 0 aromatic carbocycles. The first-order chi connectivity index (χ1) is 6.29. The highest BCUT2D eigenvalue weighted by Crippen LogP contribution is 2.18. The highest BCUT2D eigenvalue weighted by Gasteiger charge is 2.14. The maximum Gasteiger partial charge on any atom is 0.125 e. The van der Waals surface area contributed by atoms with Gasteiger partial charge in [0.05, 0.1) is 18.9 Å². The molecule has 0 saturated heterocycles. The number of aryl methyl sites for hydroxylation is 1. The minimum atomic E-state index is 0.162. The standard InChI is InChI=1S/C10H17NO2/c1-4-12-7-9(11-3)10-8(2)5-6-13-10/h5-6,9,11H,4,7H2,1-3H3. The van der Waals surface area contributed by atoms with Crippen molar-refractivity contribution in [2.45, 2.75) is 19.9 Å². The Kier molecular flexibility index (Phi) is 3.99. The topological polar surface area (TPSA) is 34.4 Å². The molecular formula is C10H17NO2. The monoisotopic (exact) mass is 183 g/mol. The largest absolute Gasteiger partial charge is 0.467 e. The Morgan fingerprint density at radius 2 is 2.38 bits per heavy atom. The minimum Gasteiger partial charge on any atom is -0.467 e. The van der Waals surface area contributed by atoms with Gasteiger partial charge < -0.3 is 14.5 Å². The highest BCUT2D eigenvalue weighted by atomic mass is 16.5. The highest BCUT2D eigenvalue weighted by molar-refractivity contribution is 5.18. The van der Waals surface area contributed by atoms with Crippen LogP contribution in [0.2, 0.25) is 0 Å². The molecule has 0 spiro atoms. The first-order valence-corrected chi connectivity index (χ1v) is 4.58. The van der Waals surface area contributed by atoms with Crippen LogP contribution in [0, 0.1) is 6.92 Å². The quantitative estimate of drug-likeness (QED) is 0.757. The maximum atomic E-state index is 5.37. The summed E-state index contributed by atoms with van der Waals surface area (Å²) in [5.41, 5.74) is 1.17. The van der Waals surface area contributed by atoms with Gasteiger partial charge in [-0.05, 0) is 32.5 Å². The van der Waals surface area contributed by atoms with Gasteiger partial charge in [-0.25, -0.2) is 0 Å². The van der Waals surface area contributed by atoms with Crippen molar-refractivity contribution in [1.29, 1.82) is 0 Å². The van der Waals surface area contributed by atoms with Crippen molar-refractivity contribution in [2.24, 2.45) is 0 Å². The van der Waals surface area contributed by atoms with E-state index in [0.29, 0.717) is 6.61 Å². The molecule has 3 nitrogen and oxygen atoms in total. The molecule has 1 N–H and O–H groups in total. The Morgan fingerprint density at radius 3 is 2.85 bits per heavy atom. The summed E-state index contributed by atoms with van der Waals surface area (Å²) in [6, 6.07) is 2.13. The maximum absolute atomic E-state index is 5.37. The van der Waals surface area contributed by atoms with E-state index in [0.717, 1.165) is 12.4 Å². The lowest BCUT2D eigenvalue weighted by molar-refractivity contribution is 0.118. The van der Waals surface area contributed by atoms with E-state index in [4.69, 9.17) is 9.15 Å². The fraction of sp³-hybridized carbons (Fsp3) is 0.600. The molecule has 1 rings (SSSR count). The number of ether oxygens (including phenoxy) is 1. The Hall–Kier alpha value is -0.800. The molecule has 0 amide bonds. The fourth-order valence-corrected chi connectivity index (χ4v) is 1.27. The third-order valence-corrected chi connectivity index (χ3v) is 2.06.